The number of nitrogens with one attached hydrogen (secondary N) is 2. The van der Waals surface area contributed by atoms with Gasteiger partial charge in [-0.3, -0.25) is 14.7 Å². The average molecular weight is 481 g/mol. The molecule has 0 aliphatic carbocycles. The number of rotatable bonds is 5. The standard InChI is InChI=1S/C23H24N6O2S2/c1-15(17-5-2-3-7-24-17)25-23(31)29-10-8-28(9-11-29)13-19-26-21(30)20-16(14-33-22(20)27-19)18-6-4-12-32-18/h2-7,12,14-15H,8-11,13H2,1H3,(H,25,31)(H,26,27,30)/t15-/m1/s1. The second-order valence-electron chi connectivity index (χ2n) is 8.01. The molecule has 1 saturated heterocycles. The molecule has 4 aromatic rings. The Labute approximate surface area is 198 Å². The van der Waals surface area contributed by atoms with Gasteiger partial charge in [0.2, 0.25) is 0 Å². The Bertz CT molecular complexity index is 1290. The number of carbonyl (C=O) groups excluding carboxylic acids is 1. The van der Waals surface area contributed by atoms with Crippen molar-refractivity contribution in [2.75, 3.05) is 26.2 Å². The van der Waals surface area contributed by atoms with Crippen molar-refractivity contribution in [2.24, 2.45) is 0 Å². The van der Waals surface area contributed by atoms with Crippen molar-refractivity contribution in [3.05, 3.63) is 69.2 Å². The second kappa shape index (κ2) is 9.42. The molecule has 1 aliphatic rings. The van der Waals surface area contributed by atoms with Crippen LogP contribution in [0.4, 0.5) is 4.79 Å². The lowest BCUT2D eigenvalue weighted by molar-refractivity contribution is 0.132. The van der Waals surface area contributed by atoms with Gasteiger partial charge < -0.3 is 15.2 Å². The molecule has 8 nitrogen and oxygen atoms in total. The normalized spacial score (nSPS) is 15.6. The van der Waals surface area contributed by atoms with Crippen molar-refractivity contribution in [3.8, 4) is 10.4 Å². The number of urea groups is 1. The van der Waals surface area contributed by atoms with Crippen LogP contribution < -0.4 is 10.9 Å². The average Bonchev–Trinajstić information content (AvgIpc) is 3.50. The van der Waals surface area contributed by atoms with Crippen LogP contribution in [0, 0.1) is 0 Å². The summed E-state index contributed by atoms with van der Waals surface area (Å²) >= 11 is 3.12. The van der Waals surface area contributed by atoms with E-state index in [9.17, 15) is 9.59 Å². The number of hydrogen-bond donors (Lipinski definition) is 2. The second-order valence-corrected chi connectivity index (χ2v) is 9.81. The molecule has 2 N–H and O–H groups in total. The first kappa shape index (κ1) is 21.7. The van der Waals surface area contributed by atoms with E-state index in [4.69, 9.17) is 4.98 Å². The monoisotopic (exact) mass is 480 g/mol. The highest BCUT2D eigenvalue weighted by atomic mass is 32.1. The third kappa shape index (κ3) is 4.68. The molecule has 0 saturated carbocycles. The van der Waals surface area contributed by atoms with Crippen LogP contribution in [0.2, 0.25) is 0 Å². The Balaban J connectivity index is 1.20. The SMILES string of the molecule is C[C@@H](NC(=O)N1CCN(Cc2nc3scc(-c4cccs4)c3c(=O)[nH]2)CC1)c1ccccn1. The van der Waals surface area contributed by atoms with Crippen LogP contribution in [0.5, 0.6) is 0 Å². The van der Waals surface area contributed by atoms with E-state index in [0.29, 0.717) is 30.8 Å². The number of thiophene rings is 2. The van der Waals surface area contributed by atoms with E-state index in [-0.39, 0.29) is 17.6 Å². The van der Waals surface area contributed by atoms with Crippen LogP contribution in [-0.2, 0) is 6.54 Å². The number of piperazine rings is 1. The first-order chi connectivity index (χ1) is 16.1. The van der Waals surface area contributed by atoms with Crippen molar-refractivity contribution in [2.45, 2.75) is 19.5 Å². The van der Waals surface area contributed by atoms with Crippen molar-refractivity contribution < 1.29 is 4.79 Å². The third-order valence-corrected chi connectivity index (χ3v) is 7.56. The fourth-order valence-corrected chi connectivity index (χ4v) is 5.77. The van der Waals surface area contributed by atoms with E-state index in [1.54, 1.807) is 17.5 Å². The highest BCUT2D eigenvalue weighted by Crippen LogP contribution is 2.33. The van der Waals surface area contributed by atoms with Crippen molar-refractivity contribution in [1.82, 2.24) is 30.1 Å². The largest absolute Gasteiger partial charge is 0.330 e. The number of amides is 2. The minimum Gasteiger partial charge on any atom is -0.330 e. The van der Waals surface area contributed by atoms with Gasteiger partial charge in [0.25, 0.3) is 5.56 Å². The van der Waals surface area contributed by atoms with Gasteiger partial charge in [0.1, 0.15) is 10.7 Å². The molecule has 2 amide bonds. The van der Waals surface area contributed by atoms with E-state index >= 15 is 0 Å². The summed E-state index contributed by atoms with van der Waals surface area (Å²) in [6.07, 6.45) is 1.73. The van der Waals surface area contributed by atoms with Gasteiger partial charge in [0.05, 0.1) is 23.7 Å². The minimum absolute atomic E-state index is 0.0829. The van der Waals surface area contributed by atoms with E-state index in [1.807, 2.05) is 52.9 Å². The van der Waals surface area contributed by atoms with Gasteiger partial charge in [-0.05, 0) is 30.5 Å². The molecule has 1 aliphatic heterocycles. The Morgan fingerprint density at radius 2 is 2.03 bits per heavy atom. The lowest BCUT2D eigenvalue weighted by atomic mass is 10.2. The number of pyridine rings is 1. The highest BCUT2D eigenvalue weighted by Gasteiger charge is 2.23. The molecule has 1 fully saturated rings. The van der Waals surface area contributed by atoms with Gasteiger partial charge in [0, 0.05) is 48.2 Å². The predicted molar refractivity (Wildman–Crippen MR) is 132 cm³/mol. The molecule has 0 radical (unpaired) electrons. The molecule has 0 bridgehead atoms. The summed E-state index contributed by atoms with van der Waals surface area (Å²) in [5.74, 6) is 0.661. The molecule has 0 spiro atoms. The van der Waals surface area contributed by atoms with Crippen LogP contribution in [0.25, 0.3) is 20.7 Å². The maximum atomic E-state index is 12.8. The molecule has 1 atom stereocenters. The summed E-state index contributed by atoms with van der Waals surface area (Å²) < 4.78 is 0. The molecule has 10 heteroatoms. The minimum atomic E-state index is -0.150. The number of aromatic amines is 1. The molecule has 33 heavy (non-hydrogen) atoms. The summed E-state index contributed by atoms with van der Waals surface area (Å²) in [7, 11) is 0. The Kier molecular flexibility index (Phi) is 6.21. The Hall–Kier alpha value is -3.08. The zero-order valence-corrected chi connectivity index (χ0v) is 19.8. The molecular weight excluding hydrogens is 456 g/mol. The van der Waals surface area contributed by atoms with Gasteiger partial charge in [-0.15, -0.1) is 22.7 Å². The van der Waals surface area contributed by atoms with E-state index < -0.39 is 0 Å². The molecule has 4 aromatic heterocycles. The first-order valence-electron chi connectivity index (χ1n) is 10.8. The molecule has 0 aromatic carbocycles. The fourth-order valence-electron chi connectivity index (χ4n) is 3.98. The zero-order chi connectivity index (χ0) is 22.8. The quantitative estimate of drug-likeness (QED) is 0.454. The fraction of sp³-hybridized carbons (Fsp3) is 0.304. The molecule has 5 rings (SSSR count). The summed E-state index contributed by atoms with van der Waals surface area (Å²) in [5.41, 5.74) is 1.69. The molecule has 170 valence electrons. The number of carbonyl (C=O) groups is 1. The van der Waals surface area contributed by atoms with Gasteiger partial charge in [0.15, 0.2) is 0 Å². The summed E-state index contributed by atoms with van der Waals surface area (Å²) in [6, 6.07) is 9.45. The van der Waals surface area contributed by atoms with Gasteiger partial charge in [-0.2, -0.15) is 0 Å². The maximum absolute atomic E-state index is 12.8. The topological polar surface area (TPSA) is 94.2 Å². The summed E-state index contributed by atoms with van der Waals surface area (Å²) in [5, 5.41) is 7.70. The molecule has 0 unspecified atom stereocenters. The molecule has 5 heterocycles. The van der Waals surface area contributed by atoms with Crippen molar-refractivity contribution in [3.63, 3.8) is 0 Å². The van der Waals surface area contributed by atoms with Crippen LogP contribution in [0.3, 0.4) is 0 Å². The lowest BCUT2D eigenvalue weighted by Gasteiger charge is -2.34. The van der Waals surface area contributed by atoms with Crippen molar-refractivity contribution in [1.29, 1.82) is 0 Å². The Morgan fingerprint density at radius 3 is 2.76 bits per heavy atom. The zero-order valence-electron chi connectivity index (χ0n) is 18.2. The van der Waals surface area contributed by atoms with E-state index in [1.165, 1.54) is 11.3 Å². The number of H-pyrrole nitrogens is 1. The first-order valence-corrected chi connectivity index (χ1v) is 12.6. The smallest absolute Gasteiger partial charge is 0.318 e. The number of hydrogen-bond acceptors (Lipinski definition) is 7. The number of aromatic nitrogens is 3. The van der Waals surface area contributed by atoms with Crippen LogP contribution in [0.15, 0.2) is 52.1 Å². The van der Waals surface area contributed by atoms with Gasteiger partial charge in [-0.1, -0.05) is 12.1 Å². The maximum Gasteiger partial charge on any atom is 0.318 e. The lowest BCUT2D eigenvalue weighted by Crippen LogP contribution is -2.52. The summed E-state index contributed by atoms with van der Waals surface area (Å²) in [6.45, 7) is 5.17. The van der Waals surface area contributed by atoms with Gasteiger partial charge >= 0.3 is 6.03 Å². The van der Waals surface area contributed by atoms with Crippen molar-refractivity contribution >= 4 is 38.9 Å². The van der Waals surface area contributed by atoms with E-state index in [0.717, 1.165) is 34.1 Å². The number of nitrogens with zero attached hydrogens (tertiary/aromatic N) is 4. The van der Waals surface area contributed by atoms with Crippen LogP contribution in [0.1, 0.15) is 24.5 Å². The summed E-state index contributed by atoms with van der Waals surface area (Å²) in [4.78, 5) is 43.3. The van der Waals surface area contributed by atoms with E-state index in [2.05, 4.69) is 20.2 Å². The molecular formula is C23H24N6O2S2. The third-order valence-electron chi connectivity index (χ3n) is 5.78. The predicted octanol–water partition coefficient (Wildman–Crippen LogP) is 3.70. The number of fused-ring (bicyclic) bond motifs is 1. The Morgan fingerprint density at radius 1 is 1.18 bits per heavy atom. The van der Waals surface area contributed by atoms with Crippen LogP contribution in [-0.4, -0.2) is 57.0 Å². The highest BCUT2D eigenvalue weighted by molar-refractivity contribution is 7.18. The van der Waals surface area contributed by atoms with Crippen LogP contribution >= 0.6 is 22.7 Å². The van der Waals surface area contributed by atoms with Gasteiger partial charge in [-0.25, -0.2) is 9.78 Å².